The molecule has 3 nitrogen and oxygen atoms in total. The number of nitrogens with zero attached hydrogens (tertiary/aromatic N) is 1. The average molecular weight is 300 g/mol. The van der Waals surface area contributed by atoms with Crippen LogP contribution in [0.5, 0.6) is 0 Å². The highest BCUT2D eigenvalue weighted by Gasteiger charge is 2.17. The third-order valence-electron chi connectivity index (χ3n) is 3.54. The molecule has 0 bridgehead atoms. The van der Waals surface area contributed by atoms with E-state index < -0.39 is 0 Å². The zero-order chi connectivity index (χ0) is 14.7. The summed E-state index contributed by atoms with van der Waals surface area (Å²) in [6.07, 6.45) is 3.84. The number of hydrogen-bond donors (Lipinski definition) is 1. The first-order valence-electron chi connectivity index (χ1n) is 7.38. The van der Waals surface area contributed by atoms with Crippen LogP contribution in [0.15, 0.2) is 40.3 Å². The van der Waals surface area contributed by atoms with Gasteiger partial charge < -0.3 is 9.73 Å². The third-order valence-corrected chi connectivity index (χ3v) is 4.34. The van der Waals surface area contributed by atoms with Gasteiger partial charge >= 0.3 is 0 Å². The van der Waals surface area contributed by atoms with Gasteiger partial charge in [0.15, 0.2) is 0 Å². The number of rotatable bonds is 6. The van der Waals surface area contributed by atoms with E-state index in [9.17, 15) is 0 Å². The Morgan fingerprint density at radius 2 is 2.24 bits per heavy atom. The van der Waals surface area contributed by atoms with E-state index in [0.717, 1.165) is 35.7 Å². The molecule has 0 amide bonds. The number of furan rings is 1. The summed E-state index contributed by atoms with van der Waals surface area (Å²) in [4.78, 5) is 4.39. The second kappa shape index (κ2) is 6.41. The van der Waals surface area contributed by atoms with Gasteiger partial charge in [-0.2, -0.15) is 0 Å². The second-order valence-electron chi connectivity index (χ2n) is 5.33. The summed E-state index contributed by atoms with van der Waals surface area (Å²) in [5, 5.41) is 7.91. The van der Waals surface area contributed by atoms with Crippen LogP contribution in [-0.2, 0) is 6.42 Å². The summed E-state index contributed by atoms with van der Waals surface area (Å²) >= 11 is 1.70. The highest BCUT2D eigenvalue weighted by Crippen LogP contribution is 2.27. The van der Waals surface area contributed by atoms with Gasteiger partial charge in [0.2, 0.25) is 0 Å². The van der Waals surface area contributed by atoms with E-state index in [1.54, 1.807) is 11.3 Å². The van der Waals surface area contributed by atoms with Gasteiger partial charge in [0.1, 0.15) is 11.3 Å². The van der Waals surface area contributed by atoms with Crippen LogP contribution in [0.1, 0.15) is 35.7 Å². The van der Waals surface area contributed by atoms with Crippen LogP contribution in [0.25, 0.3) is 11.0 Å². The van der Waals surface area contributed by atoms with Crippen molar-refractivity contribution >= 4 is 22.3 Å². The van der Waals surface area contributed by atoms with Crippen molar-refractivity contribution in [3.8, 4) is 0 Å². The number of thiazole rings is 1. The molecule has 0 spiro atoms. The van der Waals surface area contributed by atoms with Crippen LogP contribution in [0.2, 0.25) is 0 Å². The van der Waals surface area contributed by atoms with E-state index >= 15 is 0 Å². The van der Waals surface area contributed by atoms with Gasteiger partial charge in [-0.25, -0.2) is 4.98 Å². The highest BCUT2D eigenvalue weighted by atomic mass is 32.1. The summed E-state index contributed by atoms with van der Waals surface area (Å²) in [6.45, 7) is 5.26. The van der Waals surface area contributed by atoms with Crippen molar-refractivity contribution in [2.24, 2.45) is 0 Å². The maximum absolute atomic E-state index is 6.05. The SMILES string of the molecule is CCCNC(Cc1nccs1)c1cc2cc(C)ccc2o1. The predicted molar refractivity (Wildman–Crippen MR) is 87.8 cm³/mol. The van der Waals surface area contributed by atoms with Gasteiger partial charge in [0.25, 0.3) is 0 Å². The topological polar surface area (TPSA) is 38.1 Å². The van der Waals surface area contributed by atoms with E-state index in [1.807, 2.05) is 11.6 Å². The number of aryl methyl sites for hydroxylation is 1. The summed E-state index contributed by atoms with van der Waals surface area (Å²) < 4.78 is 6.05. The zero-order valence-corrected chi connectivity index (χ0v) is 13.2. The Balaban J connectivity index is 1.89. The molecule has 110 valence electrons. The quantitative estimate of drug-likeness (QED) is 0.729. The molecule has 0 aliphatic rings. The lowest BCUT2D eigenvalue weighted by Gasteiger charge is -2.14. The number of benzene rings is 1. The van der Waals surface area contributed by atoms with E-state index in [0.29, 0.717) is 0 Å². The van der Waals surface area contributed by atoms with Crippen LogP contribution in [0, 0.1) is 6.92 Å². The number of aromatic nitrogens is 1. The van der Waals surface area contributed by atoms with Gasteiger partial charge in [-0.05, 0) is 38.1 Å². The van der Waals surface area contributed by atoms with E-state index in [-0.39, 0.29) is 6.04 Å². The molecule has 3 rings (SSSR count). The molecule has 2 aromatic heterocycles. The lowest BCUT2D eigenvalue weighted by atomic mass is 10.1. The average Bonchev–Trinajstić information content (AvgIpc) is 3.11. The van der Waals surface area contributed by atoms with Crippen molar-refractivity contribution in [2.75, 3.05) is 6.54 Å². The van der Waals surface area contributed by atoms with Crippen molar-refractivity contribution in [2.45, 2.75) is 32.7 Å². The normalized spacial score (nSPS) is 12.9. The summed E-state index contributed by atoms with van der Waals surface area (Å²) in [5.74, 6) is 0.999. The summed E-state index contributed by atoms with van der Waals surface area (Å²) in [7, 11) is 0. The molecule has 3 aromatic rings. The van der Waals surface area contributed by atoms with Gasteiger partial charge in [0.05, 0.1) is 11.0 Å². The van der Waals surface area contributed by atoms with Gasteiger partial charge in [0, 0.05) is 23.4 Å². The highest BCUT2D eigenvalue weighted by molar-refractivity contribution is 7.09. The number of fused-ring (bicyclic) bond motifs is 1. The molecule has 0 aliphatic carbocycles. The Bertz CT molecular complexity index is 703. The first-order valence-corrected chi connectivity index (χ1v) is 8.26. The van der Waals surface area contributed by atoms with Crippen LogP contribution in [0.4, 0.5) is 0 Å². The van der Waals surface area contributed by atoms with Crippen molar-refractivity contribution in [1.82, 2.24) is 10.3 Å². The van der Waals surface area contributed by atoms with E-state index in [4.69, 9.17) is 4.42 Å². The fourth-order valence-electron chi connectivity index (χ4n) is 2.48. The molecular formula is C17H20N2OS. The molecule has 21 heavy (non-hydrogen) atoms. The standard InChI is InChI=1S/C17H20N2OS/c1-3-6-18-14(11-17-19-7-8-21-17)16-10-13-9-12(2)4-5-15(13)20-16/h4-5,7-10,14,18H,3,6,11H2,1-2H3. The van der Waals surface area contributed by atoms with Crippen molar-refractivity contribution < 1.29 is 4.42 Å². The molecule has 1 N–H and O–H groups in total. The lowest BCUT2D eigenvalue weighted by Crippen LogP contribution is -2.23. The van der Waals surface area contributed by atoms with E-state index in [2.05, 4.69) is 48.4 Å². The fourth-order valence-corrected chi connectivity index (χ4v) is 3.14. The van der Waals surface area contributed by atoms with Crippen LogP contribution in [0.3, 0.4) is 0 Å². The second-order valence-corrected chi connectivity index (χ2v) is 6.31. The molecule has 1 aromatic carbocycles. The lowest BCUT2D eigenvalue weighted by molar-refractivity contribution is 0.427. The van der Waals surface area contributed by atoms with Crippen molar-refractivity contribution in [3.05, 3.63) is 52.2 Å². The van der Waals surface area contributed by atoms with Crippen LogP contribution >= 0.6 is 11.3 Å². The molecule has 0 saturated heterocycles. The maximum atomic E-state index is 6.05. The molecule has 2 heterocycles. The minimum atomic E-state index is 0.184. The van der Waals surface area contributed by atoms with Crippen molar-refractivity contribution in [1.29, 1.82) is 0 Å². The number of hydrogen-bond acceptors (Lipinski definition) is 4. The Morgan fingerprint density at radius 1 is 1.33 bits per heavy atom. The summed E-state index contributed by atoms with van der Waals surface area (Å²) in [6, 6.07) is 8.65. The Hall–Kier alpha value is -1.65. The molecule has 1 atom stereocenters. The minimum Gasteiger partial charge on any atom is -0.459 e. The molecule has 0 radical (unpaired) electrons. The van der Waals surface area contributed by atoms with Crippen LogP contribution in [-0.4, -0.2) is 11.5 Å². The first kappa shape index (κ1) is 14.3. The van der Waals surface area contributed by atoms with Gasteiger partial charge in [-0.3, -0.25) is 0 Å². The van der Waals surface area contributed by atoms with Gasteiger partial charge in [-0.1, -0.05) is 18.6 Å². The molecule has 4 heteroatoms. The summed E-state index contributed by atoms with van der Waals surface area (Å²) in [5.41, 5.74) is 2.21. The first-order chi connectivity index (χ1) is 10.3. The minimum absolute atomic E-state index is 0.184. The Kier molecular flexibility index (Phi) is 4.36. The van der Waals surface area contributed by atoms with Crippen LogP contribution < -0.4 is 5.32 Å². The predicted octanol–water partition coefficient (Wildman–Crippen LogP) is 4.48. The fraction of sp³-hybridized carbons (Fsp3) is 0.353. The monoisotopic (exact) mass is 300 g/mol. The van der Waals surface area contributed by atoms with Gasteiger partial charge in [-0.15, -0.1) is 11.3 Å². The zero-order valence-electron chi connectivity index (χ0n) is 12.4. The molecule has 0 saturated carbocycles. The Morgan fingerprint density at radius 3 is 3.00 bits per heavy atom. The smallest absolute Gasteiger partial charge is 0.134 e. The molecular weight excluding hydrogens is 280 g/mol. The maximum Gasteiger partial charge on any atom is 0.134 e. The molecule has 0 fully saturated rings. The van der Waals surface area contributed by atoms with E-state index in [1.165, 1.54) is 10.9 Å². The largest absolute Gasteiger partial charge is 0.459 e. The number of nitrogens with one attached hydrogen (secondary N) is 1. The third kappa shape index (κ3) is 3.34. The Labute approximate surface area is 129 Å². The molecule has 1 unspecified atom stereocenters. The molecule has 0 aliphatic heterocycles. The van der Waals surface area contributed by atoms with Crippen molar-refractivity contribution in [3.63, 3.8) is 0 Å².